The Morgan fingerprint density at radius 1 is 1.00 bits per heavy atom. The molecule has 0 unspecified atom stereocenters. The summed E-state index contributed by atoms with van der Waals surface area (Å²) in [5.41, 5.74) is 0. The summed E-state index contributed by atoms with van der Waals surface area (Å²) in [5, 5.41) is 8.30. The molecule has 0 saturated carbocycles. The lowest BCUT2D eigenvalue weighted by Crippen LogP contribution is -2.07. The number of hydrogen-bond donors (Lipinski definition) is 1. The largest absolute Gasteiger partial charge is 0.480 e. The molecule has 0 aliphatic rings. The molecule has 0 radical (unpaired) electrons. The number of carbonyl (C=O) groups is 1. The Hall–Kier alpha value is -0.710. The molecule has 5 heteroatoms. The van der Waals surface area contributed by atoms with Crippen molar-refractivity contribution in [3.8, 4) is 0 Å². The summed E-state index contributed by atoms with van der Waals surface area (Å²) in [6.45, 7) is 0.255. The Morgan fingerprint density at radius 3 is 2.06 bits per heavy atom. The third-order valence-electron chi connectivity index (χ3n) is 2.44. The normalized spacial score (nSPS) is 11.0. The fourth-order valence-electron chi connectivity index (χ4n) is 1.55. The Bertz CT molecular complexity index is 187. The number of alkyl halides is 2. The van der Waals surface area contributed by atoms with E-state index >= 15 is 0 Å². The minimum atomic E-state index is -2.17. The van der Waals surface area contributed by atoms with Crippen molar-refractivity contribution >= 4 is 5.97 Å². The minimum absolute atomic E-state index is 0.0169. The first-order valence-corrected chi connectivity index (χ1v) is 6.20. The summed E-state index contributed by atoms with van der Waals surface area (Å²) in [6.07, 6.45) is 4.33. The molecule has 0 aliphatic carbocycles. The Balaban J connectivity index is 2.96. The summed E-state index contributed by atoms with van der Waals surface area (Å²) in [4.78, 5) is 10.1. The highest BCUT2D eigenvalue weighted by Gasteiger charge is 2.00. The molecule has 102 valence electrons. The van der Waals surface area contributed by atoms with Crippen LogP contribution in [0.4, 0.5) is 8.78 Å². The first-order chi connectivity index (χ1) is 8.13. The van der Waals surface area contributed by atoms with Crippen molar-refractivity contribution in [1.82, 2.24) is 0 Å². The van der Waals surface area contributed by atoms with Gasteiger partial charge in [-0.15, -0.1) is 0 Å². The van der Waals surface area contributed by atoms with Gasteiger partial charge in [0.05, 0.1) is 0 Å². The zero-order valence-electron chi connectivity index (χ0n) is 10.2. The molecular weight excluding hydrogens is 230 g/mol. The quantitative estimate of drug-likeness (QED) is 0.541. The van der Waals surface area contributed by atoms with E-state index in [1.807, 2.05) is 0 Å². The van der Waals surface area contributed by atoms with Crippen molar-refractivity contribution in [3.63, 3.8) is 0 Å². The van der Waals surface area contributed by atoms with Crippen LogP contribution in [0.1, 0.15) is 51.4 Å². The summed E-state index contributed by atoms with van der Waals surface area (Å²) < 4.78 is 28.5. The lowest BCUT2D eigenvalue weighted by atomic mass is 10.1. The van der Waals surface area contributed by atoms with Crippen LogP contribution in [0.25, 0.3) is 0 Å². The van der Waals surface area contributed by atoms with E-state index in [0.29, 0.717) is 13.0 Å². The molecule has 0 aromatic heterocycles. The fraction of sp³-hybridized carbons (Fsp3) is 0.917. The van der Waals surface area contributed by atoms with Gasteiger partial charge in [0.2, 0.25) is 6.43 Å². The summed E-state index contributed by atoms with van der Waals surface area (Å²) >= 11 is 0. The van der Waals surface area contributed by atoms with Crippen molar-refractivity contribution in [2.24, 2.45) is 0 Å². The number of halogens is 2. The van der Waals surface area contributed by atoms with Crippen LogP contribution in [0, 0.1) is 0 Å². The summed E-state index contributed by atoms with van der Waals surface area (Å²) in [6, 6.07) is 0. The van der Waals surface area contributed by atoms with Crippen LogP contribution in [-0.4, -0.2) is 30.7 Å². The Morgan fingerprint density at radius 2 is 1.53 bits per heavy atom. The molecule has 0 aliphatic heterocycles. The van der Waals surface area contributed by atoms with Gasteiger partial charge >= 0.3 is 5.97 Å². The molecule has 0 amide bonds. The second-order valence-electron chi connectivity index (χ2n) is 4.10. The van der Waals surface area contributed by atoms with E-state index in [-0.39, 0.29) is 13.0 Å². The number of carboxylic acid groups (broad SMARTS) is 1. The Labute approximate surface area is 101 Å². The number of rotatable bonds is 12. The van der Waals surface area contributed by atoms with Crippen LogP contribution >= 0.6 is 0 Å². The molecule has 0 atom stereocenters. The third kappa shape index (κ3) is 15.3. The van der Waals surface area contributed by atoms with E-state index < -0.39 is 12.4 Å². The fourth-order valence-corrected chi connectivity index (χ4v) is 1.55. The molecule has 0 rings (SSSR count). The Kier molecular flexibility index (Phi) is 11.3. The molecule has 0 spiro atoms. The van der Waals surface area contributed by atoms with Crippen LogP contribution in [0.15, 0.2) is 0 Å². The van der Waals surface area contributed by atoms with Crippen molar-refractivity contribution in [1.29, 1.82) is 0 Å². The maximum atomic E-state index is 11.8. The lowest BCUT2D eigenvalue weighted by Gasteiger charge is -2.02. The molecule has 0 bridgehead atoms. The van der Waals surface area contributed by atoms with Crippen molar-refractivity contribution in [2.75, 3.05) is 13.2 Å². The van der Waals surface area contributed by atoms with E-state index in [1.165, 1.54) is 0 Å². The average Bonchev–Trinajstić information content (AvgIpc) is 2.25. The van der Waals surface area contributed by atoms with Gasteiger partial charge in [0, 0.05) is 13.0 Å². The minimum Gasteiger partial charge on any atom is -0.480 e. The van der Waals surface area contributed by atoms with Crippen molar-refractivity contribution < 1.29 is 23.4 Å². The van der Waals surface area contributed by atoms with Gasteiger partial charge in [0.15, 0.2) is 0 Å². The van der Waals surface area contributed by atoms with E-state index in [2.05, 4.69) is 0 Å². The van der Waals surface area contributed by atoms with Crippen molar-refractivity contribution in [2.45, 2.75) is 57.8 Å². The summed E-state index contributed by atoms with van der Waals surface area (Å²) in [5.74, 6) is -0.941. The maximum Gasteiger partial charge on any atom is 0.329 e. The second-order valence-corrected chi connectivity index (χ2v) is 4.10. The van der Waals surface area contributed by atoms with Gasteiger partial charge in [-0.05, 0) is 12.8 Å². The number of unbranched alkanes of at least 4 members (excludes halogenated alkanes) is 6. The zero-order chi connectivity index (χ0) is 12.9. The highest BCUT2D eigenvalue weighted by Crippen LogP contribution is 2.11. The SMILES string of the molecule is O=C(O)COCCCCCCCCCC(F)F. The predicted octanol–water partition coefficient (Wildman–Crippen LogP) is 3.47. The lowest BCUT2D eigenvalue weighted by molar-refractivity contribution is -0.142. The van der Waals surface area contributed by atoms with Crippen LogP contribution in [0.5, 0.6) is 0 Å². The standard InChI is InChI=1S/C12H22F2O3/c13-11(14)8-6-4-2-1-3-5-7-9-17-10-12(15)16/h11H,1-10H2,(H,15,16). The predicted molar refractivity (Wildman–Crippen MR) is 61.4 cm³/mol. The molecule has 0 saturated heterocycles. The molecule has 0 aromatic carbocycles. The van der Waals surface area contributed by atoms with Crippen LogP contribution in [0.3, 0.4) is 0 Å². The zero-order valence-corrected chi connectivity index (χ0v) is 10.2. The average molecular weight is 252 g/mol. The third-order valence-corrected chi connectivity index (χ3v) is 2.44. The maximum absolute atomic E-state index is 11.8. The highest BCUT2D eigenvalue weighted by molar-refractivity contribution is 5.67. The van der Waals surface area contributed by atoms with Crippen LogP contribution in [0.2, 0.25) is 0 Å². The molecule has 0 heterocycles. The van der Waals surface area contributed by atoms with Gasteiger partial charge in [-0.3, -0.25) is 0 Å². The number of aliphatic carboxylic acids is 1. The topological polar surface area (TPSA) is 46.5 Å². The molecule has 3 nitrogen and oxygen atoms in total. The number of hydrogen-bond acceptors (Lipinski definition) is 2. The number of ether oxygens (including phenoxy) is 1. The monoisotopic (exact) mass is 252 g/mol. The van der Waals surface area contributed by atoms with Crippen LogP contribution in [-0.2, 0) is 9.53 Å². The van der Waals surface area contributed by atoms with Crippen molar-refractivity contribution in [3.05, 3.63) is 0 Å². The van der Waals surface area contributed by atoms with Gasteiger partial charge in [-0.1, -0.05) is 32.1 Å². The molecule has 17 heavy (non-hydrogen) atoms. The molecule has 0 aromatic rings. The molecular formula is C12H22F2O3. The van der Waals surface area contributed by atoms with Gasteiger partial charge in [-0.25, -0.2) is 13.6 Å². The van der Waals surface area contributed by atoms with Gasteiger partial charge in [0.25, 0.3) is 0 Å². The van der Waals surface area contributed by atoms with Gasteiger partial charge in [0.1, 0.15) is 6.61 Å². The van der Waals surface area contributed by atoms with E-state index in [4.69, 9.17) is 9.84 Å². The van der Waals surface area contributed by atoms with E-state index in [0.717, 1.165) is 38.5 Å². The van der Waals surface area contributed by atoms with Gasteiger partial charge < -0.3 is 9.84 Å². The summed E-state index contributed by atoms with van der Waals surface area (Å²) in [7, 11) is 0. The first-order valence-electron chi connectivity index (χ1n) is 6.20. The van der Waals surface area contributed by atoms with E-state index in [9.17, 15) is 13.6 Å². The van der Waals surface area contributed by atoms with E-state index in [1.54, 1.807) is 0 Å². The number of carboxylic acids is 1. The van der Waals surface area contributed by atoms with Gasteiger partial charge in [-0.2, -0.15) is 0 Å². The molecule has 1 N–H and O–H groups in total. The molecule has 0 fully saturated rings. The smallest absolute Gasteiger partial charge is 0.329 e. The second kappa shape index (κ2) is 11.8. The first kappa shape index (κ1) is 16.3. The van der Waals surface area contributed by atoms with Crippen LogP contribution < -0.4 is 0 Å². The highest BCUT2D eigenvalue weighted by atomic mass is 19.3.